The van der Waals surface area contributed by atoms with E-state index in [1.54, 1.807) is 0 Å². The molecule has 2 N–H and O–H groups in total. The normalized spacial score (nSPS) is 30.9. The highest BCUT2D eigenvalue weighted by Gasteiger charge is 2.63. The van der Waals surface area contributed by atoms with Crippen LogP contribution in [0.25, 0.3) is 16.0 Å². The zero-order chi connectivity index (χ0) is 22.5. The first-order chi connectivity index (χ1) is 16.0. The third-order valence-corrected chi connectivity index (χ3v) is 10.4. The number of nitriles is 1. The van der Waals surface area contributed by atoms with Gasteiger partial charge in [-0.2, -0.15) is 5.26 Å². The SMILES string of the molecule is C=C1c2cc(-c3ccccc3)sc2C2(c3c1c(O)n(CC#N)c3O)C1CC3CC(C1)CC2C3. The van der Waals surface area contributed by atoms with E-state index in [9.17, 15) is 15.5 Å². The number of rotatable bonds is 2. The van der Waals surface area contributed by atoms with Crippen LogP contribution in [0.5, 0.6) is 11.8 Å². The van der Waals surface area contributed by atoms with Gasteiger partial charge in [0.2, 0.25) is 5.88 Å². The molecule has 0 radical (unpaired) electrons. The van der Waals surface area contributed by atoms with Gasteiger partial charge in [-0.05, 0) is 78.5 Å². The number of aromatic nitrogens is 1. The van der Waals surface area contributed by atoms with E-state index in [1.807, 2.05) is 17.4 Å². The number of fused-ring (bicyclic) bond motifs is 2. The first kappa shape index (κ1) is 19.5. The number of nitrogens with zero attached hydrogens (tertiary/aromatic N) is 2. The van der Waals surface area contributed by atoms with Gasteiger partial charge in [0.15, 0.2) is 5.88 Å². The second-order valence-corrected chi connectivity index (χ2v) is 11.6. The monoisotopic (exact) mass is 454 g/mol. The smallest absolute Gasteiger partial charge is 0.203 e. The van der Waals surface area contributed by atoms with E-state index in [1.165, 1.54) is 52.0 Å². The summed E-state index contributed by atoms with van der Waals surface area (Å²) in [4.78, 5) is 2.53. The molecule has 0 amide bonds. The number of benzene rings is 1. The van der Waals surface area contributed by atoms with Crippen LogP contribution >= 0.6 is 11.3 Å². The zero-order valence-electron chi connectivity index (χ0n) is 18.4. The average Bonchev–Trinajstić information content (AvgIpc) is 3.36. The van der Waals surface area contributed by atoms with Crippen LogP contribution in [0.3, 0.4) is 0 Å². The topological polar surface area (TPSA) is 69.2 Å². The number of aromatic hydroxyl groups is 2. The molecule has 166 valence electrons. The molecule has 5 heteroatoms. The Bertz CT molecular complexity index is 1330. The van der Waals surface area contributed by atoms with E-state index >= 15 is 0 Å². The molecular weight excluding hydrogens is 428 g/mol. The van der Waals surface area contributed by atoms with E-state index in [0.717, 1.165) is 28.5 Å². The van der Waals surface area contributed by atoms with Crippen molar-refractivity contribution in [1.29, 1.82) is 5.26 Å². The van der Waals surface area contributed by atoms with E-state index in [0.29, 0.717) is 17.4 Å². The predicted molar refractivity (Wildman–Crippen MR) is 129 cm³/mol. The Kier molecular flexibility index (Phi) is 3.87. The van der Waals surface area contributed by atoms with Gasteiger partial charge in [0, 0.05) is 20.7 Å². The summed E-state index contributed by atoms with van der Waals surface area (Å²) < 4.78 is 1.39. The Morgan fingerprint density at radius 2 is 1.70 bits per heavy atom. The summed E-state index contributed by atoms with van der Waals surface area (Å²) in [6.45, 7) is 4.34. The largest absolute Gasteiger partial charge is 0.494 e. The lowest BCUT2D eigenvalue weighted by atomic mass is 9.42. The molecule has 8 rings (SSSR count). The first-order valence-electron chi connectivity index (χ1n) is 11.9. The molecule has 4 bridgehead atoms. The number of hydrogen-bond donors (Lipinski definition) is 2. The molecule has 0 unspecified atom stereocenters. The van der Waals surface area contributed by atoms with Crippen LogP contribution in [0.15, 0.2) is 43.0 Å². The summed E-state index contributed by atoms with van der Waals surface area (Å²) >= 11 is 1.84. The minimum absolute atomic E-state index is 0.0136. The molecule has 0 atom stereocenters. The third-order valence-electron chi connectivity index (χ3n) is 9.07. The van der Waals surface area contributed by atoms with Gasteiger partial charge in [-0.15, -0.1) is 11.3 Å². The maximum absolute atomic E-state index is 11.5. The molecule has 5 aliphatic carbocycles. The molecule has 0 saturated heterocycles. The standard InChI is InChI=1S/C28H26N2O2S/c1-15-21-14-22(18-5-3-2-4-6-18)33-25(21)28(19-10-16-9-17(12-19)13-20(28)11-16)24-23(15)26(31)30(8-7-29)27(24)32/h2-6,14,16-17,19-20,31-32H,1,8-13H2. The second-order valence-electron chi connectivity index (χ2n) is 10.5. The molecule has 33 heavy (non-hydrogen) atoms. The Labute approximate surface area is 197 Å². The molecule has 4 nitrogen and oxygen atoms in total. The van der Waals surface area contributed by atoms with Crippen molar-refractivity contribution < 1.29 is 10.2 Å². The van der Waals surface area contributed by atoms with Crippen LogP contribution in [0.4, 0.5) is 0 Å². The van der Waals surface area contributed by atoms with Gasteiger partial charge in [-0.3, -0.25) is 4.57 Å². The Morgan fingerprint density at radius 1 is 1.03 bits per heavy atom. The van der Waals surface area contributed by atoms with E-state index in [2.05, 4.69) is 43.0 Å². The van der Waals surface area contributed by atoms with Crippen LogP contribution in [-0.4, -0.2) is 14.8 Å². The predicted octanol–water partition coefficient (Wildman–Crippen LogP) is 6.27. The summed E-state index contributed by atoms with van der Waals surface area (Å²) in [6, 6.07) is 14.8. The highest BCUT2D eigenvalue weighted by molar-refractivity contribution is 7.16. The minimum atomic E-state index is -0.306. The van der Waals surface area contributed by atoms with E-state index in [4.69, 9.17) is 0 Å². The number of hydrogen-bond acceptors (Lipinski definition) is 4. The van der Waals surface area contributed by atoms with Crippen molar-refractivity contribution in [2.24, 2.45) is 23.7 Å². The van der Waals surface area contributed by atoms with Gasteiger partial charge < -0.3 is 10.2 Å². The maximum Gasteiger partial charge on any atom is 0.203 e. The lowest BCUT2D eigenvalue weighted by Gasteiger charge is -2.62. The van der Waals surface area contributed by atoms with Crippen molar-refractivity contribution in [2.75, 3.05) is 0 Å². The van der Waals surface area contributed by atoms with Gasteiger partial charge in [0.1, 0.15) is 6.54 Å². The summed E-state index contributed by atoms with van der Waals surface area (Å²) in [5, 5.41) is 32.1. The van der Waals surface area contributed by atoms with Crippen LogP contribution in [0.2, 0.25) is 0 Å². The third kappa shape index (κ3) is 2.30. The van der Waals surface area contributed by atoms with Crippen LogP contribution in [-0.2, 0) is 12.0 Å². The fraction of sp³-hybridized carbons (Fsp3) is 0.393. The fourth-order valence-corrected chi connectivity index (χ4v) is 9.66. The molecule has 0 aliphatic heterocycles. The van der Waals surface area contributed by atoms with Gasteiger partial charge in [-0.25, -0.2) is 0 Å². The van der Waals surface area contributed by atoms with Crippen molar-refractivity contribution in [3.05, 3.63) is 64.5 Å². The van der Waals surface area contributed by atoms with Gasteiger partial charge in [0.05, 0.1) is 11.6 Å². The molecule has 2 heterocycles. The average molecular weight is 455 g/mol. The Morgan fingerprint density at radius 3 is 2.33 bits per heavy atom. The quantitative estimate of drug-likeness (QED) is 0.480. The highest BCUT2D eigenvalue weighted by Crippen LogP contribution is 2.71. The molecule has 3 aromatic rings. The van der Waals surface area contributed by atoms with Crippen molar-refractivity contribution in [1.82, 2.24) is 4.57 Å². The molecule has 4 saturated carbocycles. The summed E-state index contributed by atoms with van der Waals surface area (Å²) in [5.74, 6) is 2.51. The fourth-order valence-electron chi connectivity index (χ4n) is 8.11. The van der Waals surface area contributed by atoms with Crippen LogP contribution < -0.4 is 0 Å². The van der Waals surface area contributed by atoms with Crippen molar-refractivity contribution in [2.45, 2.75) is 44.1 Å². The maximum atomic E-state index is 11.5. The van der Waals surface area contributed by atoms with E-state index < -0.39 is 0 Å². The molecular formula is C28H26N2O2S. The second kappa shape index (κ2) is 6.55. The highest BCUT2D eigenvalue weighted by atomic mass is 32.1. The summed E-state index contributed by atoms with van der Waals surface area (Å²) in [7, 11) is 0. The van der Waals surface area contributed by atoms with Crippen LogP contribution in [0.1, 0.15) is 53.7 Å². The summed E-state index contributed by atoms with van der Waals surface area (Å²) in [6.07, 6.45) is 6.07. The van der Waals surface area contributed by atoms with E-state index in [-0.39, 0.29) is 23.7 Å². The summed E-state index contributed by atoms with van der Waals surface area (Å²) in [5.41, 5.74) is 4.28. The molecule has 2 aromatic heterocycles. The molecule has 1 aromatic carbocycles. The number of thiophene rings is 1. The lowest BCUT2D eigenvalue weighted by Crippen LogP contribution is -2.56. The Balaban J connectivity index is 1.54. The first-order valence-corrected chi connectivity index (χ1v) is 12.8. The molecule has 5 aliphatic rings. The van der Waals surface area contributed by atoms with Crippen LogP contribution in [0, 0.1) is 35.0 Å². The zero-order valence-corrected chi connectivity index (χ0v) is 19.2. The van der Waals surface area contributed by atoms with Gasteiger partial charge in [0.25, 0.3) is 0 Å². The Hall–Kier alpha value is -2.97. The molecule has 4 fully saturated rings. The van der Waals surface area contributed by atoms with Crippen molar-refractivity contribution in [3.63, 3.8) is 0 Å². The lowest BCUT2D eigenvalue weighted by molar-refractivity contribution is -0.0417. The molecule has 1 spiro atoms. The van der Waals surface area contributed by atoms with Crippen molar-refractivity contribution >= 4 is 16.9 Å². The minimum Gasteiger partial charge on any atom is -0.494 e. The van der Waals surface area contributed by atoms with Crippen molar-refractivity contribution in [3.8, 4) is 28.3 Å². The van der Waals surface area contributed by atoms with Gasteiger partial charge >= 0.3 is 0 Å². The van der Waals surface area contributed by atoms with Gasteiger partial charge in [-0.1, -0.05) is 36.9 Å².